The summed E-state index contributed by atoms with van der Waals surface area (Å²) in [5.74, 6) is 0.449. The first-order valence-corrected chi connectivity index (χ1v) is 13.9. The summed E-state index contributed by atoms with van der Waals surface area (Å²) in [5.41, 5.74) is 7.38. The molecule has 6 aromatic heterocycles. The van der Waals surface area contributed by atoms with Gasteiger partial charge in [0.1, 0.15) is 11.2 Å². The zero-order chi connectivity index (χ0) is 26.2. The quantitative estimate of drug-likeness (QED) is 0.220. The lowest BCUT2D eigenvalue weighted by Crippen LogP contribution is -2.30. The molecule has 0 aliphatic carbocycles. The second-order valence-electron chi connectivity index (χ2n) is 9.85. The van der Waals surface area contributed by atoms with E-state index in [1.165, 1.54) is 0 Å². The number of piperidine rings is 1. The van der Waals surface area contributed by atoms with Crippen molar-refractivity contribution >= 4 is 44.9 Å². The molecule has 39 heavy (non-hydrogen) atoms. The molecule has 0 bridgehead atoms. The zero-order valence-corrected chi connectivity index (χ0v) is 21.9. The van der Waals surface area contributed by atoms with E-state index < -0.39 is 0 Å². The topological polar surface area (TPSA) is 124 Å². The maximum atomic E-state index is 12.6. The minimum atomic E-state index is 0.0246. The van der Waals surface area contributed by atoms with Crippen molar-refractivity contribution in [1.82, 2.24) is 35.5 Å². The van der Waals surface area contributed by atoms with Crippen LogP contribution in [0.5, 0.6) is 0 Å². The van der Waals surface area contributed by atoms with E-state index >= 15 is 0 Å². The van der Waals surface area contributed by atoms with E-state index in [1.54, 1.807) is 23.7 Å². The molecular weight excluding hydrogens is 508 g/mol. The Bertz CT molecular complexity index is 1780. The molecule has 10 heteroatoms. The summed E-state index contributed by atoms with van der Waals surface area (Å²) in [6.07, 6.45) is 7.86. The number of fused-ring (bicyclic) bond motifs is 2. The molecule has 7 rings (SSSR count). The third kappa shape index (κ3) is 4.68. The standard InChI is InChI=1S/C29H26N8OS/c38-26(12-17-5-8-30-9-6-17)33-19-13-18(15-31-16-19)21-3-4-23-28(35-21)29(37-36-23)24-14-20-22(34-24)7-10-32-27(20)25-2-1-11-39-25/h1-4,7,10-11,13-17,30,34H,5-6,8-9,12H2,(H,33,38)(H,36,37). The normalized spacial score (nSPS) is 14.3. The number of rotatable bonds is 6. The van der Waals surface area contributed by atoms with Crippen LogP contribution in [-0.4, -0.2) is 49.1 Å². The van der Waals surface area contributed by atoms with Crippen LogP contribution < -0.4 is 10.6 Å². The molecule has 6 aromatic rings. The molecule has 0 spiro atoms. The third-order valence-electron chi connectivity index (χ3n) is 7.22. The number of aromatic nitrogens is 6. The summed E-state index contributed by atoms with van der Waals surface area (Å²) < 4.78 is 0. The summed E-state index contributed by atoms with van der Waals surface area (Å²) in [4.78, 5) is 31.2. The van der Waals surface area contributed by atoms with E-state index in [-0.39, 0.29) is 5.91 Å². The number of carbonyl (C=O) groups excluding carboxylic acids is 1. The Hall–Kier alpha value is -4.41. The first kappa shape index (κ1) is 23.7. The van der Waals surface area contributed by atoms with Gasteiger partial charge < -0.3 is 15.6 Å². The monoisotopic (exact) mass is 534 g/mol. The maximum Gasteiger partial charge on any atom is 0.224 e. The Morgan fingerprint density at radius 1 is 1.05 bits per heavy atom. The molecule has 194 valence electrons. The number of amides is 1. The molecule has 9 nitrogen and oxygen atoms in total. The second kappa shape index (κ2) is 10.0. The number of aromatic amines is 2. The van der Waals surface area contributed by atoms with E-state index in [1.807, 2.05) is 36.5 Å². The van der Waals surface area contributed by atoms with Gasteiger partial charge in [0.2, 0.25) is 5.91 Å². The van der Waals surface area contributed by atoms with E-state index in [0.717, 1.165) is 81.1 Å². The van der Waals surface area contributed by atoms with Gasteiger partial charge in [0.25, 0.3) is 0 Å². The number of thiophene rings is 1. The Morgan fingerprint density at radius 3 is 2.85 bits per heavy atom. The lowest BCUT2D eigenvalue weighted by Gasteiger charge is -2.21. The number of carbonyl (C=O) groups is 1. The Kier molecular flexibility index (Phi) is 6.10. The highest BCUT2D eigenvalue weighted by Gasteiger charge is 2.18. The van der Waals surface area contributed by atoms with E-state index in [2.05, 4.69) is 53.3 Å². The van der Waals surface area contributed by atoms with E-state index in [4.69, 9.17) is 4.98 Å². The molecule has 0 atom stereocenters. The summed E-state index contributed by atoms with van der Waals surface area (Å²) in [7, 11) is 0. The molecule has 7 heterocycles. The van der Waals surface area contributed by atoms with Gasteiger partial charge in [0, 0.05) is 35.3 Å². The highest BCUT2D eigenvalue weighted by Crippen LogP contribution is 2.34. The largest absolute Gasteiger partial charge is 0.353 e. The van der Waals surface area contributed by atoms with Crippen LogP contribution in [0.15, 0.2) is 66.4 Å². The van der Waals surface area contributed by atoms with Crippen LogP contribution in [0.25, 0.3) is 55.2 Å². The molecule has 1 aliphatic rings. The zero-order valence-electron chi connectivity index (χ0n) is 21.1. The van der Waals surface area contributed by atoms with Gasteiger partial charge >= 0.3 is 0 Å². The van der Waals surface area contributed by atoms with Gasteiger partial charge in [-0.3, -0.25) is 19.9 Å². The summed E-state index contributed by atoms with van der Waals surface area (Å²) in [5, 5.41) is 17.2. The van der Waals surface area contributed by atoms with E-state index in [0.29, 0.717) is 18.0 Å². The van der Waals surface area contributed by atoms with Crippen molar-refractivity contribution in [3.63, 3.8) is 0 Å². The Morgan fingerprint density at radius 2 is 1.97 bits per heavy atom. The van der Waals surface area contributed by atoms with Gasteiger partial charge in [-0.05, 0) is 73.6 Å². The Balaban J connectivity index is 1.19. The summed E-state index contributed by atoms with van der Waals surface area (Å²) >= 11 is 1.67. The SMILES string of the molecule is O=C(CC1CCNCC1)Nc1cncc(-c2ccc3[nH]nc(-c4cc5c(-c6cccs6)nccc5[nH]4)c3n2)c1. The van der Waals surface area contributed by atoms with Crippen molar-refractivity contribution in [2.75, 3.05) is 18.4 Å². The molecular formula is C29H26N8OS. The lowest BCUT2D eigenvalue weighted by atomic mass is 9.94. The predicted molar refractivity (Wildman–Crippen MR) is 154 cm³/mol. The number of nitrogens with one attached hydrogen (secondary N) is 4. The van der Waals surface area contributed by atoms with Gasteiger partial charge in [-0.25, -0.2) is 4.98 Å². The van der Waals surface area contributed by atoms with Crippen molar-refractivity contribution in [2.24, 2.45) is 5.92 Å². The molecule has 1 aliphatic heterocycles. The van der Waals surface area contributed by atoms with Crippen molar-refractivity contribution in [2.45, 2.75) is 19.3 Å². The minimum Gasteiger partial charge on any atom is -0.353 e. The fraction of sp³-hybridized carbons (Fsp3) is 0.207. The molecule has 0 unspecified atom stereocenters. The van der Waals surface area contributed by atoms with Crippen LogP contribution in [0.3, 0.4) is 0 Å². The Labute approximate surface area is 228 Å². The van der Waals surface area contributed by atoms with E-state index in [9.17, 15) is 4.79 Å². The number of H-pyrrole nitrogens is 2. The highest BCUT2D eigenvalue weighted by atomic mass is 32.1. The van der Waals surface area contributed by atoms with Gasteiger partial charge in [-0.15, -0.1) is 11.3 Å². The molecule has 0 radical (unpaired) electrons. The molecule has 1 amide bonds. The first-order chi connectivity index (χ1) is 19.2. The molecule has 0 saturated carbocycles. The number of pyridine rings is 3. The van der Waals surface area contributed by atoms with Gasteiger partial charge in [-0.2, -0.15) is 5.10 Å². The summed E-state index contributed by atoms with van der Waals surface area (Å²) in [6, 6.07) is 14.0. The van der Waals surface area contributed by atoms with Crippen LogP contribution in [0.4, 0.5) is 5.69 Å². The number of hydrogen-bond donors (Lipinski definition) is 4. The number of nitrogens with zero attached hydrogens (tertiary/aromatic N) is 4. The van der Waals surface area contributed by atoms with Crippen molar-refractivity contribution in [3.05, 3.63) is 66.4 Å². The average Bonchev–Trinajstić information content (AvgIpc) is 3.73. The fourth-order valence-corrected chi connectivity index (χ4v) is 5.98. The molecule has 1 fully saturated rings. The number of anilines is 1. The van der Waals surface area contributed by atoms with Crippen LogP contribution in [-0.2, 0) is 4.79 Å². The van der Waals surface area contributed by atoms with Crippen molar-refractivity contribution < 1.29 is 4.79 Å². The first-order valence-electron chi connectivity index (χ1n) is 13.0. The highest BCUT2D eigenvalue weighted by molar-refractivity contribution is 7.13. The molecule has 1 saturated heterocycles. The average molecular weight is 535 g/mol. The van der Waals surface area contributed by atoms with Crippen LogP contribution in [0.1, 0.15) is 19.3 Å². The number of hydrogen-bond acceptors (Lipinski definition) is 7. The van der Waals surface area contributed by atoms with Crippen molar-refractivity contribution in [3.8, 4) is 33.2 Å². The second-order valence-corrected chi connectivity index (χ2v) is 10.8. The smallest absolute Gasteiger partial charge is 0.224 e. The van der Waals surface area contributed by atoms with Crippen LogP contribution in [0, 0.1) is 5.92 Å². The van der Waals surface area contributed by atoms with Crippen molar-refractivity contribution in [1.29, 1.82) is 0 Å². The summed E-state index contributed by atoms with van der Waals surface area (Å²) in [6.45, 7) is 1.95. The molecule has 4 N–H and O–H groups in total. The van der Waals surface area contributed by atoms with Crippen LogP contribution in [0.2, 0.25) is 0 Å². The lowest BCUT2D eigenvalue weighted by molar-refractivity contribution is -0.117. The van der Waals surface area contributed by atoms with Gasteiger partial charge in [0.05, 0.1) is 39.4 Å². The minimum absolute atomic E-state index is 0.0246. The van der Waals surface area contributed by atoms with Gasteiger partial charge in [0.15, 0.2) is 0 Å². The fourth-order valence-electron chi connectivity index (χ4n) is 5.25. The van der Waals surface area contributed by atoms with Gasteiger partial charge in [-0.1, -0.05) is 6.07 Å². The third-order valence-corrected chi connectivity index (χ3v) is 8.09. The molecule has 0 aromatic carbocycles. The van der Waals surface area contributed by atoms with Crippen LogP contribution >= 0.6 is 11.3 Å². The maximum absolute atomic E-state index is 12.6. The predicted octanol–water partition coefficient (Wildman–Crippen LogP) is 5.62.